The number of para-hydroxylation sites is 1. The predicted molar refractivity (Wildman–Crippen MR) is 80.8 cm³/mol. The molecule has 5 nitrogen and oxygen atoms in total. The van der Waals surface area contributed by atoms with Gasteiger partial charge < -0.3 is 10.1 Å². The van der Waals surface area contributed by atoms with Crippen molar-refractivity contribution in [1.29, 1.82) is 0 Å². The fourth-order valence-electron chi connectivity index (χ4n) is 2.10. The molecule has 0 bridgehead atoms. The molecule has 1 aromatic carbocycles. The molecule has 0 aliphatic carbocycles. The smallest absolute Gasteiger partial charge is 0.433 e. The van der Waals surface area contributed by atoms with E-state index in [1.165, 1.54) is 14.0 Å². The first-order chi connectivity index (χ1) is 11.3. The van der Waals surface area contributed by atoms with E-state index in [9.17, 15) is 18.0 Å². The van der Waals surface area contributed by atoms with Crippen molar-refractivity contribution in [3.8, 4) is 5.75 Å². The minimum atomic E-state index is -4.52. The molecule has 0 fully saturated rings. The first-order valence-corrected chi connectivity index (χ1v) is 7.14. The molecule has 0 aliphatic heterocycles. The lowest BCUT2D eigenvalue weighted by atomic mass is 10.2. The summed E-state index contributed by atoms with van der Waals surface area (Å²) in [7, 11) is 1.45. The number of rotatable bonds is 5. The van der Waals surface area contributed by atoms with E-state index in [1.807, 2.05) is 0 Å². The Balaban J connectivity index is 2.02. The monoisotopic (exact) mass is 339 g/mol. The highest BCUT2D eigenvalue weighted by molar-refractivity contribution is 5.96. The number of benzene rings is 1. The lowest BCUT2D eigenvalue weighted by molar-refractivity contribution is -0.141. The minimum absolute atomic E-state index is 0.0302. The summed E-state index contributed by atoms with van der Waals surface area (Å²) in [6.45, 7) is 1.57. The van der Waals surface area contributed by atoms with E-state index in [0.29, 0.717) is 11.3 Å². The second-order valence-corrected chi connectivity index (χ2v) is 5.01. The molecule has 0 unspecified atom stereocenters. The number of carbonyl (C=O) groups is 1. The number of ether oxygens (including phenoxy) is 1. The van der Waals surface area contributed by atoms with E-state index in [4.69, 9.17) is 4.74 Å². The quantitative estimate of drug-likeness (QED) is 0.910. The zero-order valence-corrected chi connectivity index (χ0v) is 13.1. The van der Waals surface area contributed by atoms with Crippen LogP contribution in [0.5, 0.6) is 5.75 Å². The van der Waals surface area contributed by atoms with E-state index in [2.05, 4.69) is 15.3 Å². The molecule has 0 spiro atoms. The van der Waals surface area contributed by atoms with Crippen LogP contribution in [-0.4, -0.2) is 29.5 Å². The predicted octanol–water partition coefficient (Wildman–Crippen LogP) is 2.78. The van der Waals surface area contributed by atoms with Gasteiger partial charge in [0.2, 0.25) is 0 Å². The van der Waals surface area contributed by atoms with Gasteiger partial charge in [0.1, 0.15) is 17.3 Å². The fourth-order valence-corrected chi connectivity index (χ4v) is 2.10. The molecule has 2 aromatic rings. The van der Waals surface area contributed by atoms with Crippen molar-refractivity contribution < 1.29 is 22.7 Å². The van der Waals surface area contributed by atoms with Gasteiger partial charge in [-0.25, -0.2) is 9.97 Å². The van der Waals surface area contributed by atoms with E-state index >= 15 is 0 Å². The van der Waals surface area contributed by atoms with Gasteiger partial charge in [0.25, 0.3) is 5.91 Å². The molecule has 2 rings (SSSR count). The Labute approximate surface area is 136 Å². The number of aryl methyl sites for hydroxylation is 1. The summed E-state index contributed by atoms with van der Waals surface area (Å²) >= 11 is 0. The second kappa shape index (κ2) is 7.29. The summed E-state index contributed by atoms with van der Waals surface area (Å²) in [5, 5.41) is 2.62. The van der Waals surface area contributed by atoms with Crippen molar-refractivity contribution in [2.75, 3.05) is 13.7 Å². The largest absolute Gasteiger partial charge is 0.496 e. The third kappa shape index (κ3) is 4.43. The van der Waals surface area contributed by atoms with Gasteiger partial charge in [-0.15, -0.1) is 0 Å². The Bertz CT molecular complexity index is 733. The van der Waals surface area contributed by atoms with Crippen LogP contribution in [0.4, 0.5) is 13.2 Å². The van der Waals surface area contributed by atoms with Crippen LogP contribution in [0.1, 0.15) is 27.6 Å². The number of amides is 1. The molecule has 0 aliphatic rings. The van der Waals surface area contributed by atoms with E-state index in [0.717, 1.165) is 6.07 Å². The first-order valence-electron chi connectivity index (χ1n) is 7.14. The number of halogens is 3. The number of nitrogens with zero attached hydrogens (tertiary/aromatic N) is 2. The highest BCUT2D eigenvalue weighted by atomic mass is 19.4. The highest BCUT2D eigenvalue weighted by Crippen LogP contribution is 2.27. The van der Waals surface area contributed by atoms with Crippen LogP contribution in [-0.2, 0) is 12.6 Å². The van der Waals surface area contributed by atoms with Crippen molar-refractivity contribution in [3.63, 3.8) is 0 Å². The number of aromatic nitrogens is 2. The summed E-state index contributed by atoms with van der Waals surface area (Å²) in [5.41, 5.74) is -0.412. The minimum Gasteiger partial charge on any atom is -0.496 e. The van der Waals surface area contributed by atoms with Gasteiger partial charge >= 0.3 is 6.18 Å². The van der Waals surface area contributed by atoms with Crippen LogP contribution < -0.4 is 10.1 Å². The molecular weight excluding hydrogens is 323 g/mol. The number of carbonyl (C=O) groups excluding carboxylic acids is 1. The Morgan fingerprint density at radius 1 is 1.25 bits per heavy atom. The standard InChI is InChI=1S/C16H16F3N3O2/c1-10-9-13(16(17,18)19)22-14(21-10)7-8-20-15(23)11-5-3-4-6-12(11)24-2/h3-6,9H,7-8H2,1-2H3,(H,20,23). The number of hydrogen-bond donors (Lipinski definition) is 1. The lowest BCUT2D eigenvalue weighted by Crippen LogP contribution is -2.27. The normalized spacial score (nSPS) is 11.2. The first kappa shape index (κ1) is 17.7. The molecule has 128 valence electrons. The van der Waals surface area contributed by atoms with Gasteiger partial charge in [0.15, 0.2) is 0 Å². The molecule has 1 heterocycles. The van der Waals surface area contributed by atoms with E-state index in [-0.39, 0.29) is 30.4 Å². The summed E-state index contributed by atoms with van der Waals surface area (Å²) in [4.78, 5) is 19.6. The van der Waals surface area contributed by atoms with Crippen LogP contribution in [0.15, 0.2) is 30.3 Å². The van der Waals surface area contributed by atoms with Crippen LogP contribution in [0.3, 0.4) is 0 Å². The van der Waals surface area contributed by atoms with Crippen molar-refractivity contribution >= 4 is 5.91 Å². The Hall–Kier alpha value is -2.64. The van der Waals surface area contributed by atoms with Crippen molar-refractivity contribution in [3.05, 3.63) is 53.1 Å². The summed E-state index contributed by atoms with van der Waals surface area (Å²) < 4.78 is 43.3. The molecule has 0 saturated heterocycles. The van der Waals surface area contributed by atoms with Gasteiger partial charge in [-0.3, -0.25) is 4.79 Å². The SMILES string of the molecule is COc1ccccc1C(=O)NCCc1nc(C)cc(C(F)(F)F)n1. The van der Waals surface area contributed by atoms with Gasteiger partial charge in [-0.2, -0.15) is 13.2 Å². The molecule has 0 radical (unpaired) electrons. The molecule has 8 heteroatoms. The molecule has 1 amide bonds. The third-order valence-electron chi connectivity index (χ3n) is 3.18. The van der Waals surface area contributed by atoms with Crippen molar-refractivity contribution in [2.45, 2.75) is 19.5 Å². The average molecular weight is 339 g/mol. The zero-order valence-electron chi connectivity index (χ0n) is 13.1. The maximum absolute atomic E-state index is 12.7. The number of alkyl halides is 3. The van der Waals surface area contributed by atoms with Crippen LogP contribution in [0, 0.1) is 6.92 Å². The summed E-state index contributed by atoms with van der Waals surface area (Å²) in [6, 6.07) is 7.55. The maximum atomic E-state index is 12.7. The molecule has 1 N–H and O–H groups in total. The van der Waals surface area contributed by atoms with Crippen LogP contribution >= 0.6 is 0 Å². The highest BCUT2D eigenvalue weighted by Gasteiger charge is 2.33. The van der Waals surface area contributed by atoms with Gasteiger partial charge in [-0.05, 0) is 25.1 Å². The number of hydrogen-bond acceptors (Lipinski definition) is 4. The lowest BCUT2D eigenvalue weighted by Gasteiger charge is -2.10. The average Bonchev–Trinajstić information content (AvgIpc) is 2.53. The summed E-state index contributed by atoms with van der Waals surface area (Å²) in [6.07, 6.45) is -4.44. The number of methoxy groups -OCH3 is 1. The Kier molecular flexibility index (Phi) is 5.38. The zero-order chi connectivity index (χ0) is 17.7. The third-order valence-corrected chi connectivity index (χ3v) is 3.18. The van der Waals surface area contributed by atoms with Crippen LogP contribution in [0.25, 0.3) is 0 Å². The molecule has 24 heavy (non-hydrogen) atoms. The molecular formula is C16H16F3N3O2. The van der Waals surface area contributed by atoms with Crippen molar-refractivity contribution in [1.82, 2.24) is 15.3 Å². The molecule has 0 saturated carbocycles. The molecule has 0 atom stereocenters. The van der Waals surface area contributed by atoms with E-state index < -0.39 is 11.9 Å². The summed E-state index contributed by atoms with van der Waals surface area (Å²) in [5.74, 6) is 0.0694. The van der Waals surface area contributed by atoms with Crippen molar-refractivity contribution in [2.24, 2.45) is 0 Å². The maximum Gasteiger partial charge on any atom is 0.433 e. The van der Waals surface area contributed by atoms with Gasteiger partial charge in [0.05, 0.1) is 12.7 Å². The molecule has 1 aromatic heterocycles. The van der Waals surface area contributed by atoms with Gasteiger partial charge in [0, 0.05) is 18.7 Å². The fraction of sp³-hybridized carbons (Fsp3) is 0.312. The van der Waals surface area contributed by atoms with E-state index in [1.54, 1.807) is 24.3 Å². The Morgan fingerprint density at radius 3 is 2.62 bits per heavy atom. The topological polar surface area (TPSA) is 64.1 Å². The van der Waals surface area contributed by atoms with Gasteiger partial charge in [-0.1, -0.05) is 12.1 Å². The Morgan fingerprint density at radius 2 is 1.96 bits per heavy atom. The number of nitrogens with one attached hydrogen (secondary N) is 1. The second-order valence-electron chi connectivity index (χ2n) is 5.01. The van der Waals surface area contributed by atoms with Crippen LogP contribution in [0.2, 0.25) is 0 Å².